The number of halogens is 3. The number of anilines is 2. The van der Waals surface area contributed by atoms with Crippen molar-refractivity contribution in [3.05, 3.63) is 47.4 Å². The topological polar surface area (TPSA) is 86.8 Å². The number of carbonyl (C=O) groups excluding carboxylic acids is 1. The van der Waals surface area contributed by atoms with Crippen LogP contribution in [0.2, 0.25) is 0 Å². The van der Waals surface area contributed by atoms with Crippen LogP contribution >= 0.6 is 0 Å². The van der Waals surface area contributed by atoms with Gasteiger partial charge in [-0.2, -0.15) is 18.4 Å². The van der Waals surface area contributed by atoms with Crippen molar-refractivity contribution in [2.75, 3.05) is 23.8 Å². The van der Waals surface area contributed by atoms with E-state index in [1.54, 1.807) is 25.5 Å². The first kappa shape index (κ1) is 20.1. The predicted molar refractivity (Wildman–Crippen MR) is 101 cm³/mol. The van der Waals surface area contributed by atoms with Crippen LogP contribution in [0.4, 0.5) is 24.7 Å². The maximum atomic E-state index is 13.0. The SMILES string of the molecule is Cc1cc(C(F)(F)F)nc(NCC(=O)N(C)c2ccc3c(c2)ncn3C)c1C#N. The summed E-state index contributed by atoms with van der Waals surface area (Å²) < 4.78 is 40.9. The monoisotopic (exact) mass is 402 g/mol. The van der Waals surface area contributed by atoms with Crippen molar-refractivity contribution >= 4 is 28.4 Å². The number of imidazole rings is 1. The molecule has 3 aromatic rings. The fraction of sp³-hybridized carbons (Fsp3) is 0.263. The standard InChI is InChI=1S/C19H17F3N6O/c1-11-6-16(19(20,21)22)26-18(13(11)8-23)24-9-17(29)28(3)12-4-5-15-14(7-12)25-10-27(15)2/h4-7,10H,9H2,1-3H3,(H,24,26). The summed E-state index contributed by atoms with van der Waals surface area (Å²) in [6.07, 6.45) is -3.00. The van der Waals surface area contributed by atoms with Gasteiger partial charge in [-0.25, -0.2) is 9.97 Å². The smallest absolute Gasteiger partial charge is 0.360 e. The second-order valence-electron chi connectivity index (χ2n) is 6.49. The summed E-state index contributed by atoms with van der Waals surface area (Å²) in [4.78, 5) is 21.6. The number of nitrogens with one attached hydrogen (secondary N) is 1. The van der Waals surface area contributed by atoms with Crippen molar-refractivity contribution in [1.82, 2.24) is 14.5 Å². The van der Waals surface area contributed by atoms with Gasteiger partial charge >= 0.3 is 6.18 Å². The number of aryl methyl sites for hydroxylation is 2. The minimum atomic E-state index is -4.66. The van der Waals surface area contributed by atoms with Crippen LogP contribution in [0.3, 0.4) is 0 Å². The fourth-order valence-electron chi connectivity index (χ4n) is 2.84. The summed E-state index contributed by atoms with van der Waals surface area (Å²) >= 11 is 0. The number of likely N-dealkylation sites (N-methyl/N-ethyl adjacent to an activating group) is 1. The van der Waals surface area contributed by atoms with Gasteiger partial charge in [-0.05, 0) is 36.8 Å². The maximum absolute atomic E-state index is 13.0. The molecule has 0 saturated carbocycles. The van der Waals surface area contributed by atoms with E-state index in [2.05, 4.69) is 15.3 Å². The fourth-order valence-corrected chi connectivity index (χ4v) is 2.84. The van der Waals surface area contributed by atoms with E-state index >= 15 is 0 Å². The molecule has 2 aromatic heterocycles. The molecule has 0 aliphatic heterocycles. The van der Waals surface area contributed by atoms with E-state index in [4.69, 9.17) is 0 Å². The third-order valence-corrected chi connectivity index (χ3v) is 4.50. The zero-order valence-corrected chi connectivity index (χ0v) is 15.9. The zero-order valence-electron chi connectivity index (χ0n) is 15.9. The van der Waals surface area contributed by atoms with Gasteiger partial charge < -0.3 is 14.8 Å². The molecule has 0 fully saturated rings. The highest BCUT2D eigenvalue weighted by molar-refractivity contribution is 5.97. The average Bonchev–Trinajstić information content (AvgIpc) is 3.04. The molecular formula is C19H17F3N6O. The molecule has 0 unspecified atom stereocenters. The van der Waals surface area contributed by atoms with Gasteiger partial charge in [0.05, 0.1) is 29.5 Å². The van der Waals surface area contributed by atoms with Gasteiger partial charge in [0.15, 0.2) is 0 Å². The third-order valence-electron chi connectivity index (χ3n) is 4.50. The molecule has 10 heteroatoms. The second kappa shape index (κ2) is 7.43. The number of carbonyl (C=O) groups is 1. The summed E-state index contributed by atoms with van der Waals surface area (Å²) in [7, 11) is 3.40. The van der Waals surface area contributed by atoms with E-state index in [-0.39, 0.29) is 23.5 Å². The number of alkyl halides is 3. The normalized spacial score (nSPS) is 11.3. The highest BCUT2D eigenvalue weighted by atomic mass is 19.4. The van der Waals surface area contributed by atoms with Crippen LogP contribution in [0.5, 0.6) is 0 Å². The van der Waals surface area contributed by atoms with Crippen molar-refractivity contribution in [1.29, 1.82) is 5.26 Å². The molecule has 1 amide bonds. The molecule has 1 N–H and O–H groups in total. The summed E-state index contributed by atoms with van der Waals surface area (Å²) in [6.45, 7) is 1.05. The third kappa shape index (κ3) is 3.99. The lowest BCUT2D eigenvalue weighted by Crippen LogP contribution is -2.32. The first-order valence-corrected chi connectivity index (χ1v) is 8.52. The van der Waals surface area contributed by atoms with E-state index < -0.39 is 17.8 Å². The highest BCUT2D eigenvalue weighted by Gasteiger charge is 2.34. The first-order valence-electron chi connectivity index (χ1n) is 8.52. The molecule has 0 aliphatic rings. The molecular weight excluding hydrogens is 385 g/mol. The molecule has 0 atom stereocenters. The van der Waals surface area contributed by atoms with E-state index in [9.17, 15) is 23.2 Å². The summed E-state index contributed by atoms with van der Waals surface area (Å²) in [5.41, 5.74) is 1.14. The van der Waals surface area contributed by atoms with Crippen molar-refractivity contribution in [3.8, 4) is 6.07 Å². The van der Waals surface area contributed by atoms with Gasteiger partial charge in [-0.3, -0.25) is 4.79 Å². The number of aromatic nitrogens is 3. The lowest BCUT2D eigenvalue weighted by atomic mass is 10.1. The Morgan fingerprint density at radius 1 is 1.34 bits per heavy atom. The van der Waals surface area contributed by atoms with Crippen molar-refractivity contribution < 1.29 is 18.0 Å². The number of pyridine rings is 1. The van der Waals surface area contributed by atoms with E-state index in [1.165, 1.54) is 11.8 Å². The van der Waals surface area contributed by atoms with E-state index in [0.717, 1.165) is 11.6 Å². The van der Waals surface area contributed by atoms with Gasteiger partial charge in [0, 0.05) is 19.8 Å². The average molecular weight is 402 g/mol. The predicted octanol–water partition coefficient (Wildman–Crippen LogP) is 3.24. The first-order chi connectivity index (χ1) is 13.6. The Hall–Kier alpha value is -3.61. The second-order valence-corrected chi connectivity index (χ2v) is 6.49. The number of fused-ring (bicyclic) bond motifs is 1. The van der Waals surface area contributed by atoms with Crippen LogP contribution in [-0.2, 0) is 18.0 Å². The van der Waals surface area contributed by atoms with Gasteiger partial charge in [0.2, 0.25) is 5.91 Å². The molecule has 0 aliphatic carbocycles. The van der Waals surface area contributed by atoms with Gasteiger partial charge in [-0.15, -0.1) is 0 Å². The van der Waals surface area contributed by atoms with Crippen LogP contribution < -0.4 is 10.2 Å². The largest absolute Gasteiger partial charge is 0.433 e. The lowest BCUT2D eigenvalue weighted by Gasteiger charge is -2.19. The quantitative estimate of drug-likeness (QED) is 0.724. The number of nitrogens with zero attached hydrogens (tertiary/aromatic N) is 5. The molecule has 0 radical (unpaired) electrons. The Balaban J connectivity index is 1.80. The molecule has 3 rings (SSSR count). The minimum absolute atomic E-state index is 0.0386. The Bertz CT molecular complexity index is 1130. The Kier molecular flexibility index (Phi) is 5.16. The number of nitriles is 1. The van der Waals surface area contributed by atoms with Gasteiger partial charge in [-0.1, -0.05) is 0 Å². The van der Waals surface area contributed by atoms with Crippen molar-refractivity contribution in [2.45, 2.75) is 13.1 Å². The Morgan fingerprint density at radius 2 is 2.07 bits per heavy atom. The van der Waals surface area contributed by atoms with Crippen LogP contribution in [0, 0.1) is 18.3 Å². The molecule has 150 valence electrons. The number of hydrogen-bond donors (Lipinski definition) is 1. The van der Waals surface area contributed by atoms with Gasteiger partial charge in [0.25, 0.3) is 0 Å². The highest BCUT2D eigenvalue weighted by Crippen LogP contribution is 2.31. The molecule has 0 saturated heterocycles. The van der Waals surface area contributed by atoms with Crippen LogP contribution in [0.15, 0.2) is 30.6 Å². The van der Waals surface area contributed by atoms with E-state index in [0.29, 0.717) is 11.2 Å². The van der Waals surface area contributed by atoms with Crippen LogP contribution in [-0.4, -0.2) is 34.0 Å². The molecule has 0 bridgehead atoms. The number of hydrogen-bond acceptors (Lipinski definition) is 5. The zero-order chi connectivity index (χ0) is 21.3. The molecule has 1 aromatic carbocycles. The molecule has 7 nitrogen and oxygen atoms in total. The Morgan fingerprint density at radius 3 is 2.72 bits per heavy atom. The summed E-state index contributed by atoms with van der Waals surface area (Å²) in [5.74, 6) is -0.692. The van der Waals surface area contributed by atoms with Gasteiger partial charge in [0.1, 0.15) is 17.6 Å². The summed E-state index contributed by atoms with van der Waals surface area (Å²) in [6, 6.07) is 7.93. The number of benzene rings is 1. The summed E-state index contributed by atoms with van der Waals surface area (Å²) in [5, 5.41) is 11.8. The molecule has 2 heterocycles. The number of amides is 1. The van der Waals surface area contributed by atoms with Crippen LogP contribution in [0.25, 0.3) is 11.0 Å². The van der Waals surface area contributed by atoms with Crippen molar-refractivity contribution in [3.63, 3.8) is 0 Å². The van der Waals surface area contributed by atoms with E-state index in [1.807, 2.05) is 23.8 Å². The lowest BCUT2D eigenvalue weighted by molar-refractivity contribution is -0.141. The number of rotatable bonds is 4. The Labute approximate surface area is 164 Å². The molecule has 29 heavy (non-hydrogen) atoms. The van der Waals surface area contributed by atoms with Crippen LogP contribution in [0.1, 0.15) is 16.8 Å². The van der Waals surface area contributed by atoms with Crippen molar-refractivity contribution in [2.24, 2.45) is 7.05 Å². The maximum Gasteiger partial charge on any atom is 0.433 e. The minimum Gasteiger partial charge on any atom is -0.360 e. The molecule has 0 spiro atoms.